The number of nitrogen functional groups attached to an aromatic ring is 1. The molecule has 0 saturated heterocycles. The molecule has 0 radical (unpaired) electrons. The molecule has 134 valence electrons. The second-order valence-electron chi connectivity index (χ2n) is 5.54. The summed E-state index contributed by atoms with van der Waals surface area (Å²) < 4.78 is 1.37. The van der Waals surface area contributed by atoms with Gasteiger partial charge in [0, 0.05) is 21.3 Å². The van der Waals surface area contributed by atoms with Crippen molar-refractivity contribution in [3.63, 3.8) is 0 Å². The fourth-order valence-corrected chi connectivity index (χ4v) is 3.41. The average molecular weight is 408 g/mol. The van der Waals surface area contributed by atoms with Crippen molar-refractivity contribution < 1.29 is 4.79 Å². The molecule has 0 aliphatic rings. The summed E-state index contributed by atoms with van der Waals surface area (Å²) in [7, 11) is 0. The molecule has 0 atom stereocenters. The molecule has 1 amide bonds. The molecule has 0 bridgehead atoms. The molecule has 0 fully saturated rings. The van der Waals surface area contributed by atoms with Gasteiger partial charge in [-0.05, 0) is 25.1 Å². The molecular weight excluding hydrogens is 393 g/mol. The number of benzene rings is 2. The highest BCUT2D eigenvalue weighted by Crippen LogP contribution is 2.24. The van der Waals surface area contributed by atoms with Crippen molar-refractivity contribution in [3.8, 4) is 11.4 Å². The van der Waals surface area contributed by atoms with Crippen molar-refractivity contribution in [1.82, 2.24) is 14.9 Å². The zero-order valence-electron chi connectivity index (χ0n) is 13.7. The topological polar surface area (TPSA) is 85.8 Å². The summed E-state index contributed by atoms with van der Waals surface area (Å²) in [5, 5.41) is 12.2. The summed E-state index contributed by atoms with van der Waals surface area (Å²) in [6.07, 6.45) is 0. The van der Waals surface area contributed by atoms with E-state index in [-0.39, 0.29) is 11.7 Å². The Kier molecular flexibility index (Phi) is 5.70. The Labute approximate surface area is 164 Å². The van der Waals surface area contributed by atoms with Gasteiger partial charge >= 0.3 is 0 Å². The van der Waals surface area contributed by atoms with E-state index in [0.717, 1.165) is 11.1 Å². The number of carbonyl (C=O) groups excluding carboxylic acids is 1. The lowest BCUT2D eigenvalue weighted by molar-refractivity contribution is -0.113. The summed E-state index contributed by atoms with van der Waals surface area (Å²) >= 11 is 13.0. The Bertz CT molecular complexity index is 923. The van der Waals surface area contributed by atoms with Crippen molar-refractivity contribution in [1.29, 1.82) is 0 Å². The number of thioether (sulfide) groups is 1. The maximum absolute atomic E-state index is 12.1. The summed E-state index contributed by atoms with van der Waals surface area (Å²) in [5.41, 5.74) is 2.53. The van der Waals surface area contributed by atoms with Gasteiger partial charge in [0.25, 0.3) is 0 Å². The van der Waals surface area contributed by atoms with Gasteiger partial charge in [-0.15, -0.1) is 10.2 Å². The van der Waals surface area contributed by atoms with Gasteiger partial charge in [-0.2, -0.15) is 0 Å². The normalized spacial score (nSPS) is 10.7. The molecule has 0 aliphatic heterocycles. The Hall–Kier alpha value is -2.22. The molecule has 26 heavy (non-hydrogen) atoms. The maximum Gasteiger partial charge on any atom is 0.234 e. The number of rotatable bonds is 5. The number of aryl methyl sites for hydroxylation is 1. The van der Waals surface area contributed by atoms with Crippen LogP contribution in [0.15, 0.2) is 47.6 Å². The Balaban J connectivity index is 1.64. The van der Waals surface area contributed by atoms with Gasteiger partial charge in [0.15, 0.2) is 5.82 Å². The molecule has 3 aromatic rings. The predicted octanol–water partition coefficient (Wildman–Crippen LogP) is 4.00. The van der Waals surface area contributed by atoms with Crippen LogP contribution in [0.4, 0.5) is 5.69 Å². The minimum absolute atomic E-state index is 0.118. The zero-order chi connectivity index (χ0) is 18.7. The SMILES string of the molecule is Cc1ccc(-c2nnc(SCC(=O)Nc3cc(Cl)cc(Cl)c3)n2N)cc1. The first-order valence-electron chi connectivity index (χ1n) is 7.58. The molecule has 0 spiro atoms. The monoisotopic (exact) mass is 407 g/mol. The lowest BCUT2D eigenvalue weighted by Gasteiger charge is -2.06. The van der Waals surface area contributed by atoms with Gasteiger partial charge in [0.2, 0.25) is 11.1 Å². The second kappa shape index (κ2) is 7.99. The van der Waals surface area contributed by atoms with Crippen LogP contribution in [0.2, 0.25) is 10.0 Å². The number of aromatic nitrogens is 3. The minimum Gasteiger partial charge on any atom is -0.335 e. The first kappa shape index (κ1) is 18.6. The number of nitrogens with two attached hydrogens (primary N) is 1. The highest BCUT2D eigenvalue weighted by atomic mass is 35.5. The smallest absolute Gasteiger partial charge is 0.234 e. The van der Waals surface area contributed by atoms with Crippen LogP contribution in [0.25, 0.3) is 11.4 Å². The lowest BCUT2D eigenvalue weighted by atomic mass is 10.1. The first-order chi connectivity index (χ1) is 12.4. The summed E-state index contributed by atoms with van der Waals surface area (Å²) in [6.45, 7) is 2.00. The van der Waals surface area contributed by atoms with E-state index >= 15 is 0 Å². The number of nitrogens with one attached hydrogen (secondary N) is 1. The van der Waals surface area contributed by atoms with Crippen molar-refractivity contribution >= 4 is 46.6 Å². The molecule has 6 nitrogen and oxygen atoms in total. The Morgan fingerprint density at radius 2 is 1.81 bits per heavy atom. The van der Waals surface area contributed by atoms with Crippen molar-refractivity contribution in [2.24, 2.45) is 0 Å². The highest BCUT2D eigenvalue weighted by Gasteiger charge is 2.14. The second-order valence-corrected chi connectivity index (χ2v) is 7.35. The van der Waals surface area contributed by atoms with E-state index in [9.17, 15) is 4.79 Å². The molecule has 1 aromatic heterocycles. The third-order valence-electron chi connectivity index (χ3n) is 3.45. The van der Waals surface area contributed by atoms with E-state index in [1.54, 1.807) is 18.2 Å². The van der Waals surface area contributed by atoms with Crippen LogP contribution in [-0.2, 0) is 4.79 Å². The molecular formula is C17H15Cl2N5OS. The van der Waals surface area contributed by atoms with Crippen LogP contribution in [0.5, 0.6) is 0 Å². The molecule has 3 rings (SSSR count). The van der Waals surface area contributed by atoms with Crippen LogP contribution in [0.3, 0.4) is 0 Å². The molecule has 9 heteroatoms. The third-order valence-corrected chi connectivity index (χ3v) is 4.83. The van der Waals surface area contributed by atoms with Crippen LogP contribution in [0, 0.1) is 6.92 Å². The van der Waals surface area contributed by atoms with Gasteiger partial charge in [0.1, 0.15) is 0 Å². The van der Waals surface area contributed by atoms with Crippen LogP contribution >= 0.6 is 35.0 Å². The number of anilines is 1. The zero-order valence-corrected chi connectivity index (χ0v) is 16.1. The van der Waals surface area contributed by atoms with Crippen molar-refractivity contribution in [3.05, 3.63) is 58.1 Å². The molecule has 0 unspecified atom stereocenters. The summed E-state index contributed by atoms with van der Waals surface area (Å²) in [5.74, 6) is 6.48. The number of hydrogen-bond donors (Lipinski definition) is 2. The number of amides is 1. The van der Waals surface area contributed by atoms with E-state index in [1.807, 2.05) is 31.2 Å². The van der Waals surface area contributed by atoms with Gasteiger partial charge in [-0.1, -0.05) is 64.8 Å². The van der Waals surface area contributed by atoms with Gasteiger partial charge in [-0.3, -0.25) is 4.79 Å². The number of halogens is 2. The fraction of sp³-hybridized carbons (Fsp3) is 0.118. The molecule has 1 heterocycles. The largest absolute Gasteiger partial charge is 0.335 e. The van der Waals surface area contributed by atoms with Crippen LogP contribution in [-0.4, -0.2) is 26.5 Å². The molecule has 0 aliphatic carbocycles. The van der Waals surface area contributed by atoms with Crippen LogP contribution < -0.4 is 11.2 Å². The van der Waals surface area contributed by atoms with Gasteiger partial charge in [0.05, 0.1) is 5.75 Å². The van der Waals surface area contributed by atoms with E-state index in [0.29, 0.717) is 26.7 Å². The molecule has 0 saturated carbocycles. The minimum atomic E-state index is -0.229. The van der Waals surface area contributed by atoms with E-state index in [4.69, 9.17) is 29.0 Å². The standard InChI is InChI=1S/C17H15Cl2N5OS/c1-10-2-4-11(5-3-10)16-22-23-17(24(16)20)26-9-15(25)21-14-7-12(18)6-13(19)8-14/h2-8H,9,20H2,1H3,(H,21,25). The van der Waals surface area contributed by atoms with E-state index in [2.05, 4.69) is 15.5 Å². The average Bonchev–Trinajstić information content (AvgIpc) is 2.93. The Morgan fingerprint density at radius 3 is 2.46 bits per heavy atom. The van der Waals surface area contributed by atoms with Crippen LogP contribution in [0.1, 0.15) is 5.56 Å². The number of nitrogens with zero attached hydrogens (tertiary/aromatic N) is 3. The maximum atomic E-state index is 12.1. The first-order valence-corrected chi connectivity index (χ1v) is 9.33. The number of hydrogen-bond acceptors (Lipinski definition) is 5. The molecule has 2 aromatic carbocycles. The van der Waals surface area contributed by atoms with Crippen molar-refractivity contribution in [2.75, 3.05) is 16.9 Å². The highest BCUT2D eigenvalue weighted by molar-refractivity contribution is 7.99. The Morgan fingerprint density at radius 1 is 1.15 bits per heavy atom. The van der Waals surface area contributed by atoms with Gasteiger partial charge < -0.3 is 11.2 Å². The van der Waals surface area contributed by atoms with Gasteiger partial charge in [-0.25, -0.2) is 4.68 Å². The predicted molar refractivity (Wildman–Crippen MR) is 106 cm³/mol. The summed E-state index contributed by atoms with van der Waals surface area (Å²) in [4.78, 5) is 12.1. The lowest BCUT2D eigenvalue weighted by Crippen LogP contribution is -2.16. The third kappa shape index (κ3) is 4.49. The van der Waals surface area contributed by atoms with Crippen molar-refractivity contribution in [2.45, 2.75) is 12.1 Å². The van der Waals surface area contributed by atoms with E-state index < -0.39 is 0 Å². The molecule has 3 N–H and O–H groups in total. The quantitative estimate of drug-likeness (QED) is 0.492. The fourth-order valence-electron chi connectivity index (χ4n) is 2.23. The summed E-state index contributed by atoms with van der Waals surface area (Å²) in [6, 6.07) is 12.6. The van der Waals surface area contributed by atoms with E-state index in [1.165, 1.54) is 16.4 Å². The number of carbonyl (C=O) groups is 1.